The fourth-order valence-corrected chi connectivity index (χ4v) is 2.72. The summed E-state index contributed by atoms with van der Waals surface area (Å²) in [5.74, 6) is 1.15. The molecule has 2 aliphatic rings. The van der Waals surface area contributed by atoms with Crippen molar-refractivity contribution in [1.82, 2.24) is 4.90 Å². The van der Waals surface area contributed by atoms with Crippen LogP contribution in [0.5, 0.6) is 0 Å². The number of rotatable bonds is 2. The number of nitrogens with zero attached hydrogens (tertiary/aromatic N) is 1. The number of likely N-dealkylation sites (tertiary alicyclic amines) is 1. The first-order valence-corrected chi connectivity index (χ1v) is 6.20. The van der Waals surface area contributed by atoms with Gasteiger partial charge in [-0.25, -0.2) is 0 Å². The first-order valence-electron chi connectivity index (χ1n) is 6.20. The van der Waals surface area contributed by atoms with Crippen LogP contribution in [0, 0.1) is 5.92 Å². The highest BCUT2D eigenvalue weighted by atomic mass is 16.1. The summed E-state index contributed by atoms with van der Waals surface area (Å²) < 4.78 is 0. The van der Waals surface area contributed by atoms with Gasteiger partial charge in [-0.1, -0.05) is 13.3 Å². The van der Waals surface area contributed by atoms with Crippen LogP contribution in [-0.2, 0) is 4.79 Å². The Hall–Kier alpha value is -0.790. The van der Waals surface area contributed by atoms with E-state index in [0.29, 0.717) is 11.8 Å². The molecule has 0 spiro atoms. The minimum Gasteiger partial charge on any atom is -0.372 e. The first kappa shape index (κ1) is 10.7. The van der Waals surface area contributed by atoms with E-state index in [0.717, 1.165) is 25.3 Å². The maximum absolute atomic E-state index is 11.3. The van der Waals surface area contributed by atoms with E-state index in [-0.39, 0.29) is 0 Å². The SMILES string of the molecule is CC[C@@H]1CC[C@H](C)N(C2=CC(=O)CC2)C1. The lowest BCUT2D eigenvalue weighted by Gasteiger charge is -2.40. The number of hydrogen-bond donors (Lipinski definition) is 0. The van der Waals surface area contributed by atoms with Gasteiger partial charge in [0.25, 0.3) is 0 Å². The zero-order valence-corrected chi connectivity index (χ0v) is 9.83. The Kier molecular flexibility index (Phi) is 3.13. The van der Waals surface area contributed by atoms with Crippen molar-refractivity contribution >= 4 is 5.78 Å². The quantitative estimate of drug-likeness (QED) is 0.694. The zero-order valence-electron chi connectivity index (χ0n) is 9.83. The molecule has 0 N–H and O–H groups in total. The standard InChI is InChI=1S/C13H21NO/c1-3-11-5-4-10(2)14(9-11)12-6-7-13(15)8-12/h8,10-11H,3-7,9H2,1-2H3/t10-,11+/m0/s1. The molecule has 0 unspecified atom stereocenters. The van der Waals surface area contributed by atoms with Crippen molar-refractivity contribution in [3.8, 4) is 0 Å². The highest BCUT2D eigenvalue weighted by Gasteiger charge is 2.28. The highest BCUT2D eigenvalue weighted by molar-refractivity contribution is 5.92. The van der Waals surface area contributed by atoms with Crippen molar-refractivity contribution in [3.05, 3.63) is 11.8 Å². The molecule has 2 heteroatoms. The molecule has 0 aromatic rings. The van der Waals surface area contributed by atoms with Crippen LogP contribution in [0.1, 0.15) is 46.0 Å². The van der Waals surface area contributed by atoms with E-state index in [9.17, 15) is 4.79 Å². The Bertz CT molecular complexity index is 282. The molecule has 2 rings (SSSR count). The highest BCUT2D eigenvalue weighted by Crippen LogP contribution is 2.30. The fraction of sp³-hybridized carbons (Fsp3) is 0.769. The summed E-state index contributed by atoms with van der Waals surface area (Å²) in [5.41, 5.74) is 1.30. The van der Waals surface area contributed by atoms with Crippen LogP contribution in [0.3, 0.4) is 0 Å². The molecule has 1 aliphatic carbocycles. The van der Waals surface area contributed by atoms with Gasteiger partial charge >= 0.3 is 0 Å². The fourth-order valence-electron chi connectivity index (χ4n) is 2.72. The second-order valence-electron chi connectivity index (χ2n) is 4.95. The van der Waals surface area contributed by atoms with Gasteiger partial charge in [0.15, 0.2) is 5.78 Å². The molecule has 0 saturated carbocycles. The summed E-state index contributed by atoms with van der Waals surface area (Å²) in [6.07, 6.45) is 7.48. The molecule has 84 valence electrons. The molecule has 1 saturated heterocycles. The van der Waals surface area contributed by atoms with Gasteiger partial charge in [0, 0.05) is 30.8 Å². The monoisotopic (exact) mass is 207 g/mol. The van der Waals surface area contributed by atoms with Crippen molar-refractivity contribution in [2.75, 3.05) is 6.54 Å². The number of piperidine rings is 1. The van der Waals surface area contributed by atoms with Crippen molar-refractivity contribution in [3.63, 3.8) is 0 Å². The summed E-state index contributed by atoms with van der Waals surface area (Å²) in [6.45, 7) is 5.72. The average Bonchev–Trinajstić information content (AvgIpc) is 2.65. The minimum atomic E-state index is 0.316. The largest absolute Gasteiger partial charge is 0.372 e. The molecule has 1 heterocycles. The molecule has 2 nitrogen and oxygen atoms in total. The summed E-state index contributed by atoms with van der Waals surface area (Å²) in [5, 5.41) is 0. The van der Waals surface area contributed by atoms with E-state index in [1.807, 2.05) is 6.08 Å². The summed E-state index contributed by atoms with van der Waals surface area (Å²) in [4.78, 5) is 13.7. The zero-order chi connectivity index (χ0) is 10.8. The predicted octanol–water partition coefficient (Wildman–Crippen LogP) is 2.74. The van der Waals surface area contributed by atoms with E-state index in [1.165, 1.54) is 25.0 Å². The lowest BCUT2D eigenvalue weighted by Crippen LogP contribution is -2.40. The molecule has 1 fully saturated rings. The molecule has 1 aliphatic heterocycles. The maximum Gasteiger partial charge on any atom is 0.157 e. The van der Waals surface area contributed by atoms with Crippen molar-refractivity contribution in [2.24, 2.45) is 5.92 Å². The predicted molar refractivity (Wildman–Crippen MR) is 61.5 cm³/mol. The van der Waals surface area contributed by atoms with E-state index in [2.05, 4.69) is 18.7 Å². The molecule has 0 radical (unpaired) electrons. The molecule has 0 amide bonds. The maximum atomic E-state index is 11.3. The van der Waals surface area contributed by atoms with E-state index in [4.69, 9.17) is 0 Å². The van der Waals surface area contributed by atoms with Gasteiger partial charge < -0.3 is 4.90 Å². The van der Waals surface area contributed by atoms with Gasteiger partial charge in [-0.3, -0.25) is 4.79 Å². The third-order valence-electron chi connectivity index (χ3n) is 3.88. The van der Waals surface area contributed by atoms with Crippen LogP contribution < -0.4 is 0 Å². The molecular weight excluding hydrogens is 186 g/mol. The smallest absolute Gasteiger partial charge is 0.157 e. The molecule has 0 bridgehead atoms. The Balaban J connectivity index is 2.06. The van der Waals surface area contributed by atoms with Crippen LogP contribution >= 0.6 is 0 Å². The van der Waals surface area contributed by atoms with Gasteiger partial charge in [-0.2, -0.15) is 0 Å². The molecule has 15 heavy (non-hydrogen) atoms. The van der Waals surface area contributed by atoms with Gasteiger partial charge in [-0.05, 0) is 32.1 Å². The Labute approximate surface area is 92.3 Å². The van der Waals surface area contributed by atoms with Gasteiger partial charge in [0.1, 0.15) is 0 Å². The van der Waals surface area contributed by atoms with Crippen molar-refractivity contribution in [1.29, 1.82) is 0 Å². The summed E-state index contributed by atoms with van der Waals surface area (Å²) >= 11 is 0. The lowest BCUT2D eigenvalue weighted by molar-refractivity contribution is -0.114. The Morgan fingerprint density at radius 2 is 2.20 bits per heavy atom. The molecule has 0 aromatic carbocycles. The van der Waals surface area contributed by atoms with Gasteiger partial charge in [-0.15, -0.1) is 0 Å². The van der Waals surface area contributed by atoms with Crippen molar-refractivity contribution < 1.29 is 4.79 Å². The number of ketones is 1. The van der Waals surface area contributed by atoms with E-state index >= 15 is 0 Å². The van der Waals surface area contributed by atoms with Crippen LogP contribution in [0.15, 0.2) is 11.8 Å². The van der Waals surface area contributed by atoms with Gasteiger partial charge in [0.05, 0.1) is 0 Å². The summed E-state index contributed by atoms with van der Waals surface area (Å²) in [7, 11) is 0. The topological polar surface area (TPSA) is 20.3 Å². The first-order chi connectivity index (χ1) is 7.20. The number of carbonyl (C=O) groups excluding carboxylic acids is 1. The Morgan fingerprint density at radius 1 is 1.40 bits per heavy atom. The van der Waals surface area contributed by atoms with E-state index in [1.54, 1.807) is 0 Å². The second-order valence-corrected chi connectivity index (χ2v) is 4.95. The third kappa shape index (κ3) is 2.24. The lowest BCUT2D eigenvalue weighted by atomic mass is 9.91. The Morgan fingerprint density at radius 3 is 2.80 bits per heavy atom. The minimum absolute atomic E-state index is 0.316. The van der Waals surface area contributed by atoms with E-state index < -0.39 is 0 Å². The molecule has 0 aromatic heterocycles. The normalized spacial score (nSPS) is 32.0. The number of allylic oxidation sites excluding steroid dienone is 2. The van der Waals surface area contributed by atoms with Crippen LogP contribution in [-0.4, -0.2) is 23.3 Å². The molecule has 2 atom stereocenters. The third-order valence-corrected chi connectivity index (χ3v) is 3.88. The summed E-state index contributed by atoms with van der Waals surface area (Å²) in [6, 6.07) is 0.630. The van der Waals surface area contributed by atoms with Crippen molar-refractivity contribution in [2.45, 2.75) is 52.0 Å². The van der Waals surface area contributed by atoms with Crippen LogP contribution in [0.4, 0.5) is 0 Å². The van der Waals surface area contributed by atoms with Crippen LogP contribution in [0.2, 0.25) is 0 Å². The second kappa shape index (κ2) is 4.38. The number of carbonyl (C=O) groups is 1. The van der Waals surface area contributed by atoms with Gasteiger partial charge in [0.2, 0.25) is 0 Å². The average molecular weight is 207 g/mol. The number of hydrogen-bond acceptors (Lipinski definition) is 2. The van der Waals surface area contributed by atoms with Crippen LogP contribution in [0.25, 0.3) is 0 Å². The molecular formula is C13H21NO.